The summed E-state index contributed by atoms with van der Waals surface area (Å²) >= 11 is 0. The first-order valence-corrected chi connectivity index (χ1v) is 9.63. The lowest BCUT2D eigenvalue weighted by Crippen LogP contribution is -2.48. The Bertz CT molecular complexity index is 873. The van der Waals surface area contributed by atoms with Gasteiger partial charge in [0.15, 0.2) is 0 Å². The number of ether oxygens (including phenoxy) is 2. The van der Waals surface area contributed by atoms with E-state index in [0.29, 0.717) is 12.0 Å². The fourth-order valence-electron chi connectivity index (χ4n) is 2.86. The van der Waals surface area contributed by atoms with Crippen molar-refractivity contribution >= 4 is 18.0 Å². The van der Waals surface area contributed by atoms with Crippen LogP contribution in [0.4, 0.5) is 4.79 Å². The summed E-state index contributed by atoms with van der Waals surface area (Å²) in [6.45, 7) is 3.94. The molecule has 0 aromatic heterocycles. The summed E-state index contributed by atoms with van der Waals surface area (Å²) in [4.78, 5) is 36.7. The number of benzene rings is 2. The minimum absolute atomic E-state index is 0.405. The fourth-order valence-corrected chi connectivity index (χ4v) is 2.86. The number of hydrogen-bond acceptors (Lipinski definition) is 5. The number of carboxylic acid groups (broad SMARTS) is 1. The van der Waals surface area contributed by atoms with E-state index in [1.807, 2.05) is 42.5 Å². The van der Waals surface area contributed by atoms with Crippen molar-refractivity contribution in [3.05, 3.63) is 71.3 Å². The van der Waals surface area contributed by atoms with E-state index in [9.17, 15) is 14.4 Å². The van der Waals surface area contributed by atoms with Gasteiger partial charge in [-0.1, -0.05) is 48.5 Å². The highest BCUT2D eigenvalue weighted by atomic mass is 16.7. The highest BCUT2D eigenvalue weighted by Crippen LogP contribution is 2.16. The van der Waals surface area contributed by atoms with Crippen LogP contribution in [0.15, 0.2) is 54.6 Å². The Morgan fingerprint density at radius 2 is 1.53 bits per heavy atom. The lowest BCUT2D eigenvalue weighted by Gasteiger charge is -2.33. The lowest BCUT2D eigenvalue weighted by molar-refractivity contribution is -0.139. The molecule has 0 aliphatic carbocycles. The van der Waals surface area contributed by atoms with Gasteiger partial charge in [0.25, 0.3) is 0 Å². The minimum Gasteiger partial charge on any atom is -0.480 e. The highest BCUT2D eigenvalue weighted by molar-refractivity contribution is 5.91. The maximum atomic E-state index is 12.5. The van der Waals surface area contributed by atoms with Crippen molar-refractivity contribution in [2.45, 2.75) is 39.2 Å². The first-order valence-electron chi connectivity index (χ1n) is 9.63. The molecule has 0 fully saturated rings. The van der Waals surface area contributed by atoms with Gasteiger partial charge in [-0.15, -0.1) is 0 Å². The molecule has 7 heteroatoms. The Morgan fingerprint density at radius 1 is 0.900 bits per heavy atom. The van der Waals surface area contributed by atoms with Crippen LogP contribution in [0.1, 0.15) is 42.3 Å². The summed E-state index contributed by atoms with van der Waals surface area (Å²) in [7, 11) is 0. The summed E-state index contributed by atoms with van der Waals surface area (Å²) in [5.74, 6) is -1.77. The third-order valence-corrected chi connectivity index (χ3v) is 4.46. The molecule has 0 atom stereocenters. The standard InChI is InChI=1S/C23H27NO6/c1-23(2,3)24(15-20(25)26)22(28)30-16-29-21(27)19-12-8-7-11-18(19)14-13-17-9-5-4-6-10-17/h4-12H,13-16H2,1-3H3,(H,25,26). The number of amides is 1. The van der Waals surface area contributed by atoms with Gasteiger partial charge in [0.05, 0.1) is 5.56 Å². The molecule has 0 spiro atoms. The van der Waals surface area contributed by atoms with E-state index in [-0.39, 0.29) is 0 Å². The average Bonchev–Trinajstić information content (AvgIpc) is 2.70. The van der Waals surface area contributed by atoms with Gasteiger partial charge in [-0.05, 0) is 50.8 Å². The van der Waals surface area contributed by atoms with Crippen LogP contribution in [0.2, 0.25) is 0 Å². The van der Waals surface area contributed by atoms with Gasteiger partial charge in [0, 0.05) is 5.54 Å². The number of hydrogen-bond donors (Lipinski definition) is 1. The number of carbonyl (C=O) groups is 3. The SMILES string of the molecule is CC(C)(C)N(CC(=O)O)C(=O)OCOC(=O)c1ccccc1CCc1ccccc1. The average molecular weight is 413 g/mol. The molecule has 0 unspecified atom stereocenters. The van der Waals surface area contributed by atoms with Crippen molar-refractivity contribution in [3.63, 3.8) is 0 Å². The number of rotatable bonds is 8. The first kappa shape index (κ1) is 22.9. The molecule has 0 saturated carbocycles. The molecular formula is C23H27NO6. The van der Waals surface area contributed by atoms with E-state index in [4.69, 9.17) is 14.6 Å². The molecule has 30 heavy (non-hydrogen) atoms. The number of carbonyl (C=O) groups excluding carboxylic acids is 2. The van der Waals surface area contributed by atoms with Crippen LogP contribution >= 0.6 is 0 Å². The Morgan fingerprint density at radius 3 is 2.17 bits per heavy atom. The summed E-state index contributed by atoms with van der Waals surface area (Å²) < 4.78 is 10.1. The van der Waals surface area contributed by atoms with Gasteiger partial charge in [-0.25, -0.2) is 9.59 Å². The van der Waals surface area contributed by atoms with Crippen molar-refractivity contribution in [2.24, 2.45) is 0 Å². The summed E-state index contributed by atoms with van der Waals surface area (Å²) in [6.07, 6.45) is 0.566. The second kappa shape index (κ2) is 10.4. The number of aliphatic carboxylic acids is 1. The summed E-state index contributed by atoms with van der Waals surface area (Å²) in [5.41, 5.74) is 1.64. The van der Waals surface area contributed by atoms with Crippen molar-refractivity contribution in [2.75, 3.05) is 13.3 Å². The first-order chi connectivity index (χ1) is 14.2. The number of aryl methyl sites for hydroxylation is 2. The highest BCUT2D eigenvalue weighted by Gasteiger charge is 2.30. The zero-order valence-corrected chi connectivity index (χ0v) is 17.5. The third-order valence-electron chi connectivity index (χ3n) is 4.46. The van der Waals surface area contributed by atoms with Crippen LogP contribution in [-0.2, 0) is 27.1 Å². The van der Waals surface area contributed by atoms with E-state index < -0.39 is 36.9 Å². The van der Waals surface area contributed by atoms with Crippen LogP contribution in [0, 0.1) is 0 Å². The molecule has 0 bridgehead atoms. The van der Waals surface area contributed by atoms with E-state index in [0.717, 1.165) is 22.4 Å². The van der Waals surface area contributed by atoms with Crippen LogP contribution in [0.3, 0.4) is 0 Å². The summed E-state index contributed by atoms with van der Waals surface area (Å²) in [6, 6.07) is 17.1. The van der Waals surface area contributed by atoms with Gasteiger partial charge in [-0.3, -0.25) is 9.69 Å². The molecule has 0 saturated heterocycles. The molecular weight excluding hydrogens is 386 g/mol. The molecule has 0 aliphatic heterocycles. The van der Waals surface area contributed by atoms with Crippen LogP contribution in [0.25, 0.3) is 0 Å². The third kappa shape index (κ3) is 6.92. The monoisotopic (exact) mass is 413 g/mol. The smallest absolute Gasteiger partial charge is 0.413 e. The van der Waals surface area contributed by atoms with E-state index >= 15 is 0 Å². The Balaban J connectivity index is 1.95. The molecule has 2 rings (SSSR count). The lowest BCUT2D eigenvalue weighted by atomic mass is 10.00. The molecule has 2 aromatic rings. The largest absolute Gasteiger partial charge is 0.480 e. The zero-order chi connectivity index (χ0) is 22.1. The quantitative estimate of drug-likeness (QED) is 0.521. The molecule has 0 aliphatic rings. The predicted octanol–water partition coefficient (Wildman–Crippen LogP) is 3.91. The molecule has 0 heterocycles. The van der Waals surface area contributed by atoms with Crippen molar-refractivity contribution in [1.82, 2.24) is 4.90 Å². The Hall–Kier alpha value is -3.35. The molecule has 160 valence electrons. The van der Waals surface area contributed by atoms with Gasteiger partial charge in [-0.2, -0.15) is 0 Å². The Labute approximate surface area is 176 Å². The minimum atomic E-state index is -1.16. The van der Waals surface area contributed by atoms with Crippen LogP contribution in [0.5, 0.6) is 0 Å². The fraction of sp³-hybridized carbons (Fsp3) is 0.348. The number of carboxylic acids is 1. The zero-order valence-electron chi connectivity index (χ0n) is 17.5. The predicted molar refractivity (Wildman–Crippen MR) is 111 cm³/mol. The second-order valence-corrected chi connectivity index (χ2v) is 7.75. The van der Waals surface area contributed by atoms with Crippen molar-refractivity contribution < 1.29 is 29.0 Å². The maximum absolute atomic E-state index is 12.5. The van der Waals surface area contributed by atoms with Crippen molar-refractivity contribution in [3.8, 4) is 0 Å². The molecule has 1 N–H and O–H groups in total. The maximum Gasteiger partial charge on any atom is 0.413 e. The Kier molecular flexibility index (Phi) is 7.98. The van der Waals surface area contributed by atoms with E-state index in [1.54, 1.807) is 32.9 Å². The topological polar surface area (TPSA) is 93.1 Å². The van der Waals surface area contributed by atoms with Crippen LogP contribution in [-0.4, -0.2) is 46.9 Å². The van der Waals surface area contributed by atoms with Gasteiger partial charge in [0.2, 0.25) is 6.79 Å². The van der Waals surface area contributed by atoms with E-state index in [1.165, 1.54) is 0 Å². The van der Waals surface area contributed by atoms with Crippen molar-refractivity contribution in [1.29, 1.82) is 0 Å². The van der Waals surface area contributed by atoms with Gasteiger partial charge < -0.3 is 14.6 Å². The van der Waals surface area contributed by atoms with Crippen LogP contribution < -0.4 is 0 Å². The van der Waals surface area contributed by atoms with E-state index in [2.05, 4.69) is 0 Å². The number of esters is 1. The molecule has 2 aromatic carbocycles. The number of nitrogens with zero attached hydrogens (tertiary/aromatic N) is 1. The van der Waals surface area contributed by atoms with Gasteiger partial charge >= 0.3 is 18.0 Å². The normalized spacial score (nSPS) is 10.9. The molecule has 1 amide bonds. The molecule has 7 nitrogen and oxygen atoms in total. The van der Waals surface area contributed by atoms with Gasteiger partial charge in [0.1, 0.15) is 6.54 Å². The molecule has 0 radical (unpaired) electrons. The second-order valence-electron chi connectivity index (χ2n) is 7.75. The summed E-state index contributed by atoms with van der Waals surface area (Å²) in [5, 5.41) is 8.99.